The van der Waals surface area contributed by atoms with Crippen molar-refractivity contribution in [1.29, 1.82) is 0 Å². The summed E-state index contributed by atoms with van der Waals surface area (Å²) in [6, 6.07) is 30.9. The number of thiophene rings is 1. The maximum absolute atomic E-state index is 2.44. The van der Waals surface area contributed by atoms with Crippen molar-refractivity contribution in [3.05, 3.63) is 90.5 Å². The highest BCUT2D eigenvalue weighted by Crippen LogP contribution is 2.42. The molecule has 2 heteroatoms. The molecule has 0 aliphatic rings. The van der Waals surface area contributed by atoms with Gasteiger partial charge in [0.2, 0.25) is 0 Å². The quantitative estimate of drug-likeness (QED) is 0.286. The minimum absolute atomic E-state index is 1.21. The summed E-state index contributed by atoms with van der Waals surface area (Å²) >= 11 is 1.88. The van der Waals surface area contributed by atoms with Crippen LogP contribution in [0.15, 0.2) is 84.9 Å². The van der Waals surface area contributed by atoms with Crippen LogP contribution in [0.5, 0.6) is 0 Å². The number of para-hydroxylation sites is 1. The molecule has 2 aromatic heterocycles. The molecule has 0 radical (unpaired) electrons. The summed E-state index contributed by atoms with van der Waals surface area (Å²) in [4.78, 5) is 0. The summed E-state index contributed by atoms with van der Waals surface area (Å²) in [7, 11) is 0. The van der Waals surface area contributed by atoms with Crippen LogP contribution >= 0.6 is 11.3 Å². The fourth-order valence-corrected chi connectivity index (χ4v) is 5.38. The van der Waals surface area contributed by atoms with Crippen molar-refractivity contribution in [2.45, 2.75) is 6.92 Å². The van der Waals surface area contributed by atoms with Crippen LogP contribution in [0.3, 0.4) is 0 Å². The van der Waals surface area contributed by atoms with E-state index in [0.717, 1.165) is 0 Å². The summed E-state index contributed by atoms with van der Waals surface area (Å²) < 4.78 is 5.13. The number of rotatable bonds is 1. The smallest absolute Gasteiger partial charge is 0.0634 e. The van der Waals surface area contributed by atoms with E-state index in [2.05, 4.69) is 96.4 Å². The highest BCUT2D eigenvalue weighted by Gasteiger charge is 2.17. The molecule has 6 rings (SSSR count). The van der Waals surface area contributed by atoms with E-state index < -0.39 is 0 Å². The highest BCUT2D eigenvalue weighted by molar-refractivity contribution is 7.26. The van der Waals surface area contributed by atoms with Crippen molar-refractivity contribution >= 4 is 53.3 Å². The van der Waals surface area contributed by atoms with Crippen molar-refractivity contribution in [3.63, 3.8) is 0 Å². The van der Waals surface area contributed by atoms with Crippen LogP contribution in [0, 0.1) is 6.92 Å². The Labute approximate surface area is 161 Å². The maximum Gasteiger partial charge on any atom is 0.0634 e. The van der Waals surface area contributed by atoms with Gasteiger partial charge in [0, 0.05) is 36.6 Å². The topological polar surface area (TPSA) is 4.93 Å². The molecule has 0 bridgehead atoms. The van der Waals surface area contributed by atoms with Gasteiger partial charge < -0.3 is 4.57 Å². The lowest BCUT2D eigenvalue weighted by Crippen LogP contribution is -1.93. The van der Waals surface area contributed by atoms with Gasteiger partial charge in [-0.05, 0) is 43.3 Å². The van der Waals surface area contributed by atoms with Crippen LogP contribution in [-0.2, 0) is 0 Å². The Morgan fingerprint density at radius 3 is 2.37 bits per heavy atom. The van der Waals surface area contributed by atoms with Gasteiger partial charge in [0.15, 0.2) is 0 Å². The first-order chi connectivity index (χ1) is 13.3. The fourth-order valence-electron chi connectivity index (χ4n) is 4.27. The molecule has 0 saturated heterocycles. The zero-order valence-corrected chi connectivity index (χ0v) is 15.8. The van der Waals surface area contributed by atoms with E-state index in [-0.39, 0.29) is 0 Å². The van der Waals surface area contributed by atoms with Gasteiger partial charge in [0.1, 0.15) is 0 Å². The molecular weight excluding hydrogens is 346 g/mol. The van der Waals surface area contributed by atoms with E-state index in [9.17, 15) is 0 Å². The van der Waals surface area contributed by atoms with Gasteiger partial charge in [0.05, 0.1) is 11.0 Å². The first kappa shape index (κ1) is 15.0. The fraction of sp³-hybridized carbons (Fsp3) is 0.0400. The number of fused-ring (bicyclic) bond motifs is 7. The Morgan fingerprint density at radius 2 is 1.48 bits per heavy atom. The van der Waals surface area contributed by atoms with Crippen LogP contribution in [-0.4, -0.2) is 4.57 Å². The van der Waals surface area contributed by atoms with E-state index in [1.165, 1.54) is 53.2 Å². The normalized spacial score (nSPS) is 11.9. The van der Waals surface area contributed by atoms with Gasteiger partial charge >= 0.3 is 0 Å². The molecule has 0 fully saturated rings. The Balaban J connectivity index is 1.95. The van der Waals surface area contributed by atoms with Crippen molar-refractivity contribution in [3.8, 4) is 5.69 Å². The van der Waals surface area contributed by atoms with Crippen LogP contribution in [0.25, 0.3) is 47.7 Å². The molecule has 128 valence electrons. The van der Waals surface area contributed by atoms with E-state index in [0.29, 0.717) is 0 Å². The molecule has 6 aromatic rings. The van der Waals surface area contributed by atoms with E-state index >= 15 is 0 Å². The number of aromatic nitrogens is 1. The molecule has 0 atom stereocenters. The molecule has 0 aliphatic heterocycles. The number of benzene rings is 4. The third kappa shape index (κ3) is 2.05. The Bertz CT molecular complexity index is 1470. The van der Waals surface area contributed by atoms with Gasteiger partial charge in [-0.3, -0.25) is 0 Å². The molecular formula is C25H17NS. The van der Waals surface area contributed by atoms with Gasteiger partial charge in [0.25, 0.3) is 0 Å². The zero-order valence-electron chi connectivity index (χ0n) is 14.9. The van der Waals surface area contributed by atoms with E-state index in [1.807, 2.05) is 11.3 Å². The minimum Gasteiger partial charge on any atom is -0.309 e. The Morgan fingerprint density at radius 1 is 0.667 bits per heavy atom. The molecule has 0 aliphatic carbocycles. The lowest BCUT2D eigenvalue weighted by molar-refractivity contribution is 1.19. The predicted octanol–water partition coefficient (Wildman–Crippen LogP) is 7.46. The minimum atomic E-state index is 1.21. The molecule has 2 heterocycles. The first-order valence-electron chi connectivity index (χ1n) is 9.22. The average Bonchev–Trinajstić information content (AvgIpc) is 3.23. The van der Waals surface area contributed by atoms with E-state index in [1.54, 1.807) is 0 Å². The summed E-state index contributed by atoms with van der Waals surface area (Å²) in [5.74, 6) is 0. The van der Waals surface area contributed by atoms with E-state index in [4.69, 9.17) is 0 Å². The molecule has 0 N–H and O–H groups in total. The van der Waals surface area contributed by atoms with Gasteiger partial charge in [-0.25, -0.2) is 0 Å². The van der Waals surface area contributed by atoms with Crippen LogP contribution < -0.4 is 0 Å². The van der Waals surface area contributed by atoms with Crippen molar-refractivity contribution < 1.29 is 0 Å². The molecule has 27 heavy (non-hydrogen) atoms. The maximum atomic E-state index is 2.44. The van der Waals surface area contributed by atoms with Crippen LogP contribution in [0.1, 0.15) is 5.56 Å². The monoisotopic (exact) mass is 363 g/mol. The highest BCUT2D eigenvalue weighted by atomic mass is 32.1. The lowest BCUT2D eigenvalue weighted by Gasteiger charge is -2.08. The lowest BCUT2D eigenvalue weighted by atomic mass is 10.1. The largest absolute Gasteiger partial charge is 0.309 e. The zero-order chi connectivity index (χ0) is 18.0. The third-order valence-corrected chi connectivity index (χ3v) is 6.57. The first-order valence-corrected chi connectivity index (χ1v) is 10.0. The molecule has 0 spiro atoms. The summed E-state index contributed by atoms with van der Waals surface area (Å²) in [5, 5.41) is 5.37. The molecule has 0 saturated carbocycles. The Kier molecular flexibility index (Phi) is 3.03. The number of hydrogen-bond donors (Lipinski definition) is 0. The average molecular weight is 363 g/mol. The SMILES string of the molecule is Cc1ccc2c(c1)c1ccc3sc4ccccc4c3c1n2-c1ccccc1. The number of hydrogen-bond acceptors (Lipinski definition) is 1. The van der Waals surface area contributed by atoms with Gasteiger partial charge in [-0.2, -0.15) is 0 Å². The van der Waals surface area contributed by atoms with Gasteiger partial charge in [-0.1, -0.05) is 54.1 Å². The van der Waals surface area contributed by atoms with Crippen molar-refractivity contribution in [1.82, 2.24) is 4.57 Å². The Hall–Kier alpha value is -3.10. The van der Waals surface area contributed by atoms with Gasteiger partial charge in [-0.15, -0.1) is 11.3 Å². The van der Waals surface area contributed by atoms with Crippen molar-refractivity contribution in [2.24, 2.45) is 0 Å². The second-order valence-electron chi connectivity index (χ2n) is 7.12. The standard InChI is InChI=1S/C25H17NS/c1-16-11-13-21-20(15-16)18-12-14-23-24(19-9-5-6-10-22(19)27-23)25(18)26(21)17-7-3-2-4-8-17/h2-15H,1H3. The third-order valence-electron chi connectivity index (χ3n) is 5.44. The summed E-state index contributed by atoms with van der Waals surface area (Å²) in [5.41, 5.74) is 5.09. The molecule has 0 unspecified atom stereocenters. The number of aryl methyl sites for hydroxylation is 1. The molecule has 1 nitrogen and oxygen atoms in total. The molecule has 0 amide bonds. The second kappa shape index (κ2) is 5.45. The summed E-state index contributed by atoms with van der Waals surface area (Å²) in [6.45, 7) is 2.17. The second-order valence-corrected chi connectivity index (χ2v) is 8.21. The number of nitrogens with zero attached hydrogens (tertiary/aromatic N) is 1. The van der Waals surface area contributed by atoms with Crippen molar-refractivity contribution in [2.75, 3.05) is 0 Å². The summed E-state index contributed by atoms with van der Waals surface area (Å²) in [6.07, 6.45) is 0. The predicted molar refractivity (Wildman–Crippen MR) is 118 cm³/mol. The molecule has 4 aromatic carbocycles. The van der Waals surface area contributed by atoms with Crippen LogP contribution in [0.4, 0.5) is 0 Å². The van der Waals surface area contributed by atoms with Crippen LogP contribution in [0.2, 0.25) is 0 Å².